The van der Waals surface area contributed by atoms with Gasteiger partial charge in [0, 0.05) is 12.4 Å². The number of halogens is 1. The molecule has 0 amide bonds. The van der Waals surface area contributed by atoms with E-state index in [0.29, 0.717) is 6.61 Å². The number of ether oxygens (including phenoxy) is 1. The lowest BCUT2D eigenvalue weighted by atomic mass is 10.2. The quantitative estimate of drug-likeness (QED) is 0.716. The third kappa shape index (κ3) is 2.56. The van der Waals surface area contributed by atoms with Crippen LogP contribution < -0.4 is 4.74 Å². The van der Waals surface area contributed by atoms with Gasteiger partial charge in [-0.25, -0.2) is 4.98 Å². The van der Waals surface area contributed by atoms with Gasteiger partial charge in [-0.15, -0.1) is 0 Å². The second-order valence-electron chi connectivity index (χ2n) is 4.88. The van der Waals surface area contributed by atoms with Crippen LogP contribution in [0.1, 0.15) is 16.8 Å². The fourth-order valence-electron chi connectivity index (χ4n) is 2.15. The van der Waals surface area contributed by atoms with Crippen molar-refractivity contribution in [3.8, 4) is 5.75 Å². The molecular weight excluding hydrogens is 316 g/mol. The van der Waals surface area contributed by atoms with Crippen molar-refractivity contribution in [2.24, 2.45) is 0 Å². The molecule has 102 valence electrons. The van der Waals surface area contributed by atoms with Gasteiger partial charge in [0.05, 0.1) is 10.2 Å². The Labute approximate surface area is 126 Å². The summed E-state index contributed by atoms with van der Waals surface area (Å²) < 4.78 is 8.82. The largest absolute Gasteiger partial charge is 0.486 e. The molecule has 0 aliphatic heterocycles. The number of aryl methyl sites for hydroxylation is 2. The first kappa shape index (κ1) is 13.2. The standard InChI is InChI=1S/C16H15BrN2O/c1-11-5-6-15(14(17)8-11)20-10-13-9-19-7-3-4-12(2)16(19)18-13/h3-9H,10H2,1-2H3. The van der Waals surface area contributed by atoms with Gasteiger partial charge in [-0.05, 0) is 59.1 Å². The zero-order valence-electron chi connectivity index (χ0n) is 11.4. The summed E-state index contributed by atoms with van der Waals surface area (Å²) in [5.74, 6) is 0.837. The van der Waals surface area contributed by atoms with Crippen LogP contribution in [0, 0.1) is 13.8 Å². The van der Waals surface area contributed by atoms with E-state index in [1.165, 1.54) is 5.56 Å². The van der Waals surface area contributed by atoms with Crippen molar-refractivity contribution in [1.29, 1.82) is 0 Å². The molecule has 2 aromatic heterocycles. The number of nitrogens with zero attached hydrogens (tertiary/aromatic N) is 2. The minimum Gasteiger partial charge on any atom is -0.486 e. The van der Waals surface area contributed by atoms with Crippen LogP contribution in [0.3, 0.4) is 0 Å². The Morgan fingerprint density at radius 1 is 1.25 bits per heavy atom. The zero-order valence-corrected chi connectivity index (χ0v) is 13.0. The fourth-order valence-corrected chi connectivity index (χ4v) is 2.76. The van der Waals surface area contributed by atoms with E-state index in [-0.39, 0.29) is 0 Å². The zero-order chi connectivity index (χ0) is 14.1. The van der Waals surface area contributed by atoms with E-state index in [2.05, 4.69) is 40.8 Å². The number of hydrogen-bond acceptors (Lipinski definition) is 2. The molecule has 0 radical (unpaired) electrons. The van der Waals surface area contributed by atoms with Crippen LogP contribution in [0.5, 0.6) is 5.75 Å². The third-order valence-corrected chi connectivity index (χ3v) is 3.81. The van der Waals surface area contributed by atoms with Gasteiger partial charge >= 0.3 is 0 Å². The first-order chi connectivity index (χ1) is 9.63. The molecule has 0 N–H and O–H groups in total. The summed E-state index contributed by atoms with van der Waals surface area (Å²) in [7, 11) is 0. The maximum absolute atomic E-state index is 5.82. The van der Waals surface area contributed by atoms with Crippen LogP contribution in [0.15, 0.2) is 47.2 Å². The summed E-state index contributed by atoms with van der Waals surface area (Å²) in [5.41, 5.74) is 4.27. The molecule has 0 fully saturated rings. The van der Waals surface area contributed by atoms with Gasteiger partial charge in [-0.1, -0.05) is 12.1 Å². The van der Waals surface area contributed by atoms with Gasteiger partial charge in [-0.2, -0.15) is 0 Å². The summed E-state index contributed by atoms with van der Waals surface area (Å²) in [6.45, 7) is 4.58. The molecule has 0 atom stereocenters. The predicted octanol–water partition coefficient (Wildman–Crippen LogP) is 4.29. The summed E-state index contributed by atoms with van der Waals surface area (Å²) in [4.78, 5) is 4.60. The van der Waals surface area contributed by atoms with E-state index in [1.54, 1.807) is 0 Å². The van der Waals surface area contributed by atoms with Crippen molar-refractivity contribution < 1.29 is 4.74 Å². The van der Waals surface area contributed by atoms with E-state index in [9.17, 15) is 0 Å². The van der Waals surface area contributed by atoms with Gasteiger partial charge in [0.1, 0.15) is 18.0 Å². The van der Waals surface area contributed by atoms with Gasteiger partial charge in [0.15, 0.2) is 0 Å². The smallest absolute Gasteiger partial charge is 0.140 e. The summed E-state index contributed by atoms with van der Waals surface area (Å²) >= 11 is 3.52. The highest BCUT2D eigenvalue weighted by atomic mass is 79.9. The molecule has 0 spiro atoms. The highest BCUT2D eigenvalue weighted by Gasteiger charge is 2.06. The molecule has 0 aliphatic rings. The van der Waals surface area contributed by atoms with E-state index in [0.717, 1.165) is 27.1 Å². The number of imidazole rings is 1. The molecule has 20 heavy (non-hydrogen) atoms. The van der Waals surface area contributed by atoms with Crippen molar-refractivity contribution in [3.05, 3.63) is 64.0 Å². The third-order valence-electron chi connectivity index (χ3n) is 3.19. The SMILES string of the molecule is Cc1ccc(OCc2cn3cccc(C)c3n2)c(Br)c1. The Kier molecular flexibility index (Phi) is 3.49. The molecule has 3 aromatic rings. The minimum atomic E-state index is 0.461. The number of fused-ring (bicyclic) bond motifs is 1. The average Bonchev–Trinajstić information content (AvgIpc) is 2.82. The van der Waals surface area contributed by atoms with Crippen molar-refractivity contribution in [3.63, 3.8) is 0 Å². The highest BCUT2D eigenvalue weighted by molar-refractivity contribution is 9.10. The van der Waals surface area contributed by atoms with E-state index >= 15 is 0 Å². The minimum absolute atomic E-state index is 0.461. The summed E-state index contributed by atoms with van der Waals surface area (Å²) in [6.07, 6.45) is 4.01. The van der Waals surface area contributed by atoms with Crippen LogP contribution in [0.25, 0.3) is 5.65 Å². The molecule has 1 aromatic carbocycles. The average molecular weight is 331 g/mol. The molecule has 3 rings (SSSR count). The molecular formula is C16H15BrN2O. The van der Waals surface area contributed by atoms with Gasteiger partial charge in [0.2, 0.25) is 0 Å². The maximum atomic E-state index is 5.82. The Hall–Kier alpha value is -1.81. The second-order valence-corrected chi connectivity index (χ2v) is 5.73. The number of aromatic nitrogens is 2. The topological polar surface area (TPSA) is 26.5 Å². The van der Waals surface area contributed by atoms with Crippen molar-refractivity contribution in [2.75, 3.05) is 0 Å². The number of benzene rings is 1. The number of pyridine rings is 1. The first-order valence-electron chi connectivity index (χ1n) is 6.45. The monoisotopic (exact) mass is 330 g/mol. The molecule has 0 saturated carbocycles. The number of hydrogen-bond donors (Lipinski definition) is 0. The van der Waals surface area contributed by atoms with Gasteiger partial charge in [0.25, 0.3) is 0 Å². The van der Waals surface area contributed by atoms with Crippen LogP contribution in [-0.4, -0.2) is 9.38 Å². The number of rotatable bonds is 3. The summed E-state index contributed by atoms with van der Waals surface area (Å²) in [5, 5.41) is 0. The molecule has 3 nitrogen and oxygen atoms in total. The first-order valence-corrected chi connectivity index (χ1v) is 7.25. The second kappa shape index (κ2) is 5.29. The van der Waals surface area contributed by atoms with Crippen molar-refractivity contribution in [1.82, 2.24) is 9.38 Å². The van der Waals surface area contributed by atoms with E-state index in [4.69, 9.17) is 4.74 Å². The molecule has 2 heterocycles. The summed E-state index contributed by atoms with van der Waals surface area (Å²) in [6, 6.07) is 10.1. The van der Waals surface area contributed by atoms with E-state index < -0.39 is 0 Å². The predicted molar refractivity (Wildman–Crippen MR) is 83.1 cm³/mol. The van der Waals surface area contributed by atoms with Gasteiger partial charge in [-0.3, -0.25) is 0 Å². The molecule has 0 saturated heterocycles. The lowest BCUT2D eigenvalue weighted by molar-refractivity contribution is 0.300. The van der Waals surface area contributed by atoms with Gasteiger partial charge < -0.3 is 9.14 Å². The van der Waals surface area contributed by atoms with Crippen molar-refractivity contribution >= 4 is 21.6 Å². The maximum Gasteiger partial charge on any atom is 0.140 e. The van der Waals surface area contributed by atoms with Crippen LogP contribution in [0.2, 0.25) is 0 Å². The van der Waals surface area contributed by atoms with Crippen molar-refractivity contribution in [2.45, 2.75) is 20.5 Å². The van der Waals surface area contributed by atoms with Crippen LogP contribution >= 0.6 is 15.9 Å². The lowest BCUT2D eigenvalue weighted by Crippen LogP contribution is -1.96. The van der Waals surface area contributed by atoms with E-state index in [1.807, 2.05) is 41.1 Å². The molecule has 4 heteroatoms. The Balaban J connectivity index is 1.81. The lowest BCUT2D eigenvalue weighted by Gasteiger charge is -2.06. The molecule has 0 aliphatic carbocycles. The molecule has 0 bridgehead atoms. The highest BCUT2D eigenvalue weighted by Crippen LogP contribution is 2.26. The Bertz CT molecular complexity index is 764. The van der Waals surface area contributed by atoms with Crippen LogP contribution in [0.4, 0.5) is 0 Å². The van der Waals surface area contributed by atoms with Crippen LogP contribution in [-0.2, 0) is 6.61 Å². The molecule has 0 unspecified atom stereocenters. The normalized spacial score (nSPS) is 10.9. The Morgan fingerprint density at radius 3 is 2.85 bits per heavy atom. The Morgan fingerprint density at radius 2 is 2.10 bits per heavy atom. The fraction of sp³-hybridized carbons (Fsp3) is 0.188.